The van der Waals surface area contributed by atoms with E-state index in [0.717, 1.165) is 0 Å². The van der Waals surface area contributed by atoms with Crippen LogP contribution in [-0.2, 0) is 23.1 Å². The molecule has 0 N–H and O–H groups in total. The van der Waals surface area contributed by atoms with Crippen molar-refractivity contribution in [3.05, 3.63) is 12.2 Å². The van der Waals surface area contributed by atoms with Crippen LogP contribution in [0, 0.1) is 0 Å². The zero-order chi connectivity index (χ0) is 13.6. The molecule has 0 saturated heterocycles. The average Bonchev–Trinajstić information content (AvgIpc) is 2.11. The summed E-state index contributed by atoms with van der Waals surface area (Å²) in [5, 5.41) is 0. The van der Waals surface area contributed by atoms with Crippen molar-refractivity contribution in [3.8, 4) is 0 Å². The highest BCUT2D eigenvalue weighted by Crippen LogP contribution is 2.50. The minimum atomic E-state index is -3.41. The van der Waals surface area contributed by atoms with Crippen LogP contribution in [0.4, 0.5) is 0 Å². The molecule has 17 heavy (non-hydrogen) atoms. The van der Waals surface area contributed by atoms with Crippen molar-refractivity contribution in [2.24, 2.45) is 0 Å². The fraction of sp³-hybridized carbons (Fsp3) is 0.727. The van der Waals surface area contributed by atoms with Gasteiger partial charge < -0.3 is 13.8 Å². The lowest BCUT2D eigenvalue weighted by atomic mass is 10.4. The average molecular weight is 264 g/mol. The molecule has 0 aliphatic rings. The SMILES string of the molecule is C=C(C)C(=O)OCP(=O)(OC(C)C)OC(C)C. The maximum Gasteiger partial charge on any atom is 0.368 e. The smallest absolute Gasteiger partial charge is 0.368 e. The summed E-state index contributed by atoms with van der Waals surface area (Å²) in [4.78, 5) is 11.2. The van der Waals surface area contributed by atoms with E-state index in [1.54, 1.807) is 27.7 Å². The van der Waals surface area contributed by atoms with Crippen LogP contribution in [0.2, 0.25) is 0 Å². The Morgan fingerprint density at radius 1 is 1.18 bits per heavy atom. The summed E-state index contributed by atoms with van der Waals surface area (Å²) < 4.78 is 27.4. The quantitative estimate of drug-likeness (QED) is 0.401. The lowest BCUT2D eigenvalue weighted by molar-refractivity contribution is -0.137. The summed E-state index contributed by atoms with van der Waals surface area (Å²) in [5.41, 5.74) is 0.241. The Hall–Kier alpha value is -0.640. The van der Waals surface area contributed by atoms with Crippen LogP contribution in [0.15, 0.2) is 12.2 Å². The van der Waals surface area contributed by atoms with Gasteiger partial charge in [-0.1, -0.05) is 6.58 Å². The molecule has 0 aromatic carbocycles. The summed E-state index contributed by atoms with van der Waals surface area (Å²) >= 11 is 0. The molecular weight excluding hydrogens is 243 g/mol. The summed E-state index contributed by atoms with van der Waals surface area (Å²) in [6.07, 6.45) is -0.944. The molecule has 0 aromatic heterocycles. The van der Waals surface area contributed by atoms with E-state index >= 15 is 0 Å². The number of rotatable bonds is 7. The molecule has 0 bridgehead atoms. The summed E-state index contributed by atoms with van der Waals surface area (Å²) in [6.45, 7) is 11.9. The Labute approximate surface area is 103 Å². The van der Waals surface area contributed by atoms with Crippen LogP contribution in [-0.4, -0.2) is 24.5 Å². The molecule has 5 nitrogen and oxygen atoms in total. The Bertz CT molecular complexity index is 308. The second-order valence-corrected chi connectivity index (χ2v) is 6.16. The van der Waals surface area contributed by atoms with E-state index in [9.17, 15) is 9.36 Å². The van der Waals surface area contributed by atoms with Crippen molar-refractivity contribution < 1.29 is 23.1 Å². The van der Waals surface area contributed by atoms with Gasteiger partial charge in [0.1, 0.15) is 0 Å². The zero-order valence-corrected chi connectivity index (χ0v) is 12.0. The van der Waals surface area contributed by atoms with Gasteiger partial charge in [-0.05, 0) is 34.6 Å². The molecule has 0 spiro atoms. The molecule has 0 aliphatic heterocycles. The molecule has 0 aromatic rings. The van der Waals surface area contributed by atoms with Gasteiger partial charge in [-0.25, -0.2) is 4.79 Å². The number of carbonyl (C=O) groups is 1. The summed E-state index contributed by atoms with van der Waals surface area (Å²) in [5.74, 6) is -0.607. The zero-order valence-electron chi connectivity index (χ0n) is 11.1. The maximum absolute atomic E-state index is 12.2. The highest BCUT2D eigenvalue weighted by Gasteiger charge is 2.29. The van der Waals surface area contributed by atoms with Crippen molar-refractivity contribution >= 4 is 13.6 Å². The van der Waals surface area contributed by atoms with Gasteiger partial charge >= 0.3 is 13.6 Å². The Morgan fingerprint density at radius 3 is 1.88 bits per heavy atom. The van der Waals surface area contributed by atoms with Gasteiger partial charge in [-0.15, -0.1) is 0 Å². The second-order valence-electron chi connectivity index (χ2n) is 4.26. The Morgan fingerprint density at radius 2 is 1.59 bits per heavy atom. The summed E-state index contributed by atoms with van der Waals surface area (Å²) in [7, 11) is -3.41. The molecule has 0 amide bonds. The third-order valence-corrected chi connectivity index (χ3v) is 3.38. The fourth-order valence-corrected chi connectivity index (χ4v) is 2.72. The third-order valence-electron chi connectivity index (χ3n) is 1.45. The van der Waals surface area contributed by atoms with Crippen molar-refractivity contribution in [3.63, 3.8) is 0 Å². The largest absolute Gasteiger partial charge is 0.449 e. The first-order chi connectivity index (χ1) is 7.66. The number of esters is 1. The lowest BCUT2D eigenvalue weighted by Gasteiger charge is -2.22. The van der Waals surface area contributed by atoms with E-state index in [1.807, 2.05) is 0 Å². The maximum atomic E-state index is 12.2. The number of hydrogen-bond acceptors (Lipinski definition) is 5. The van der Waals surface area contributed by atoms with E-state index in [0.29, 0.717) is 0 Å². The first kappa shape index (κ1) is 16.4. The predicted octanol–water partition coefficient (Wildman–Crippen LogP) is 3.11. The van der Waals surface area contributed by atoms with Crippen LogP contribution < -0.4 is 0 Å². The lowest BCUT2D eigenvalue weighted by Crippen LogP contribution is -2.14. The van der Waals surface area contributed by atoms with E-state index in [2.05, 4.69) is 6.58 Å². The standard InChI is InChI=1S/C11H21O5P/c1-8(2)11(12)14-7-17(13,15-9(3)4)16-10(5)6/h9-10H,1,7H2,2-6H3. The van der Waals surface area contributed by atoms with E-state index in [-0.39, 0.29) is 17.8 Å². The molecule has 0 radical (unpaired) electrons. The molecule has 0 heterocycles. The Balaban J connectivity index is 4.54. The molecule has 6 heteroatoms. The number of carbonyl (C=O) groups excluding carboxylic acids is 1. The van der Waals surface area contributed by atoms with Gasteiger partial charge in [0, 0.05) is 5.57 Å². The molecule has 0 fully saturated rings. The van der Waals surface area contributed by atoms with E-state index < -0.39 is 19.9 Å². The minimum Gasteiger partial charge on any atom is -0.449 e. The van der Waals surface area contributed by atoms with Crippen molar-refractivity contribution in [2.75, 3.05) is 6.35 Å². The van der Waals surface area contributed by atoms with Crippen molar-refractivity contribution in [2.45, 2.75) is 46.8 Å². The van der Waals surface area contributed by atoms with Gasteiger partial charge in [0.2, 0.25) is 0 Å². The summed E-state index contributed by atoms with van der Waals surface area (Å²) in [6, 6.07) is 0. The molecule has 0 saturated carbocycles. The predicted molar refractivity (Wildman–Crippen MR) is 65.8 cm³/mol. The molecule has 100 valence electrons. The number of ether oxygens (including phenoxy) is 1. The highest BCUT2D eigenvalue weighted by molar-refractivity contribution is 7.53. The number of hydrogen-bond donors (Lipinski definition) is 0. The van der Waals surface area contributed by atoms with E-state index in [1.165, 1.54) is 6.92 Å². The molecule has 0 atom stereocenters. The first-order valence-electron chi connectivity index (χ1n) is 5.45. The van der Waals surface area contributed by atoms with Gasteiger partial charge in [-0.2, -0.15) is 0 Å². The third kappa shape index (κ3) is 7.31. The van der Waals surface area contributed by atoms with E-state index in [4.69, 9.17) is 13.8 Å². The van der Waals surface area contributed by atoms with Crippen LogP contribution >= 0.6 is 7.60 Å². The van der Waals surface area contributed by atoms with Crippen LogP contribution in [0.25, 0.3) is 0 Å². The Kier molecular flexibility index (Phi) is 6.68. The molecule has 0 unspecified atom stereocenters. The second kappa shape index (κ2) is 6.94. The van der Waals surface area contributed by atoms with Gasteiger partial charge in [0.25, 0.3) is 0 Å². The normalized spacial score (nSPS) is 11.9. The van der Waals surface area contributed by atoms with Crippen molar-refractivity contribution in [1.29, 1.82) is 0 Å². The van der Waals surface area contributed by atoms with Gasteiger partial charge in [-0.3, -0.25) is 4.57 Å². The van der Waals surface area contributed by atoms with Gasteiger partial charge in [0.15, 0.2) is 6.35 Å². The van der Waals surface area contributed by atoms with Crippen LogP contribution in [0.5, 0.6) is 0 Å². The van der Waals surface area contributed by atoms with Crippen LogP contribution in [0.3, 0.4) is 0 Å². The molecular formula is C11H21O5P. The first-order valence-corrected chi connectivity index (χ1v) is 7.17. The van der Waals surface area contributed by atoms with Crippen molar-refractivity contribution in [1.82, 2.24) is 0 Å². The molecule has 0 aliphatic carbocycles. The fourth-order valence-electron chi connectivity index (χ4n) is 0.989. The highest BCUT2D eigenvalue weighted by atomic mass is 31.2. The topological polar surface area (TPSA) is 61.8 Å². The minimum absolute atomic E-state index is 0.241. The van der Waals surface area contributed by atoms with Crippen LogP contribution in [0.1, 0.15) is 34.6 Å². The molecule has 0 rings (SSSR count). The van der Waals surface area contributed by atoms with Gasteiger partial charge in [0.05, 0.1) is 12.2 Å². The monoisotopic (exact) mass is 264 g/mol.